The summed E-state index contributed by atoms with van der Waals surface area (Å²) in [5.41, 5.74) is 6.92. The standard InChI is InChI=1S/C13H12F3NS/c1-6-3-12(18-7(6)2)13(17)8-4-10(15)11(16)5-9(8)14/h3-5,13H,17H2,1-2H3. The van der Waals surface area contributed by atoms with Crippen LogP contribution in [0.2, 0.25) is 0 Å². The van der Waals surface area contributed by atoms with Gasteiger partial charge in [-0.1, -0.05) is 0 Å². The molecule has 0 fully saturated rings. The lowest BCUT2D eigenvalue weighted by molar-refractivity contribution is 0.488. The van der Waals surface area contributed by atoms with Crippen LogP contribution in [0.4, 0.5) is 13.2 Å². The van der Waals surface area contributed by atoms with E-state index >= 15 is 0 Å². The number of halogens is 3. The van der Waals surface area contributed by atoms with Gasteiger partial charge in [-0.05, 0) is 31.5 Å². The van der Waals surface area contributed by atoms with Crippen molar-refractivity contribution in [2.24, 2.45) is 5.73 Å². The predicted molar refractivity (Wildman–Crippen MR) is 66.1 cm³/mol. The molecular formula is C13H12F3NS. The molecular weight excluding hydrogens is 259 g/mol. The van der Waals surface area contributed by atoms with E-state index in [0.29, 0.717) is 6.07 Å². The lowest BCUT2D eigenvalue weighted by Crippen LogP contribution is -2.13. The van der Waals surface area contributed by atoms with Crippen LogP contribution in [0, 0.1) is 31.3 Å². The van der Waals surface area contributed by atoms with E-state index in [-0.39, 0.29) is 5.56 Å². The van der Waals surface area contributed by atoms with Gasteiger partial charge in [-0.25, -0.2) is 13.2 Å². The molecule has 1 aromatic carbocycles. The second kappa shape index (κ2) is 4.74. The lowest BCUT2D eigenvalue weighted by Gasteiger charge is -2.11. The maximum Gasteiger partial charge on any atom is 0.161 e. The van der Waals surface area contributed by atoms with Gasteiger partial charge in [-0.15, -0.1) is 11.3 Å². The smallest absolute Gasteiger partial charge is 0.161 e. The molecule has 0 radical (unpaired) electrons. The van der Waals surface area contributed by atoms with Gasteiger partial charge in [0, 0.05) is 21.4 Å². The van der Waals surface area contributed by atoms with E-state index in [9.17, 15) is 13.2 Å². The monoisotopic (exact) mass is 271 g/mol. The molecule has 0 aliphatic carbocycles. The van der Waals surface area contributed by atoms with Crippen LogP contribution in [0.15, 0.2) is 18.2 Å². The highest BCUT2D eigenvalue weighted by Gasteiger charge is 2.19. The molecule has 2 rings (SSSR count). The summed E-state index contributed by atoms with van der Waals surface area (Å²) >= 11 is 1.43. The van der Waals surface area contributed by atoms with Crippen molar-refractivity contribution < 1.29 is 13.2 Å². The molecule has 0 spiro atoms. The highest BCUT2D eigenvalue weighted by Crippen LogP contribution is 2.31. The molecule has 0 bridgehead atoms. The van der Waals surface area contributed by atoms with Crippen LogP contribution in [0.1, 0.15) is 26.9 Å². The first-order valence-electron chi connectivity index (χ1n) is 5.37. The van der Waals surface area contributed by atoms with Gasteiger partial charge >= 0.3 is 0 Å². The third kappa shape index (κ3) is 2.28. The van der Waals surface area contributed by atoms with Gasteiger partial charge in [0.15, 0.2) is 11.6 Å². The summed E-state index contributed by atoms with van der Waals surface area (Å²) in [6.45, 7) is 3.85. The average Bonchev–Trinajstić information content (AvgIpc) is 2.63. The van der Waals surface area contributed by atoms with Crippen molar-refractivity contribution in [3.05, 3.63) is 56.5 Å². The lowest BCUT2D eigenvalue weighted by atomic mass is 10.0. The van der Waals surface area contributed by atoms with Crippen LogP contribution in [-0.2, 0) is 0 Å². The fourth-order valence-electron chi connectivity index (χ4n) is 1.68. The molecule has 0 saturated carbocycles. The number of hydrogen-bond acceptors (Lipinski definition) is 2. The van der Waals surface area contributed by atoms with Gasteiger partial charge in [0.25, 0.3) is 0 Å². The van der Waals surface area contributed by atoms with Gasteiger partial charge in [-0.3, -0.25) is 0 Å². The van der Waals surface area contributed by atoms with Crippen molar-refractivity contribution in [3.8, 4) is 0 Å². The largest absolute Gasteiger partial charge is 0.320 e. The first kappa shape index (κ1) is 13.1. The molecule has 1 heterocycles. The molecule has 0 saturated heterocycles. The number of benzene rings is 1. The molecule has 96 valence electrons. The van der Waals surface area contributed by atoms with Crippen molar-refractivity contribution in [2.45, 2.75) is 19.9 Å². The minimum absolute atomic E-state index is 0.0323. The fourth-order valence-corrected chi connectivity index (χ4v) is 2.75. The molecule has 1 aromatic heterocycles. The first-order valence-corrected chi connectivity index (χ1v) is 6.18. The van der Waals surface area contributed by atoms with Crippen LogP contribution in [-0.4, -0.2) is 0 Å². The van der Waals surface area contributed by atoms with Gasteiger partial charge in [0.05, 0.1) is 6.04 Å². The van der Waals surface area contributed by atoms with Crippen LogP contribution < -0.4 is 5.73 Å². The zero-order chi connectivity index (χ0) is 13.4. The van der Waals surface area contributed by atoms with Gasteiger partial charge < -0.3 is 5.73 Å². The molecule has 5 heteroatoms. The number of aryl methyl sites for hydroxylation is 2. The quantitative estimate of drug-likeness (QED) is 0.825. The molecule has 0 amide bonds. The Hall–Kier alpha value is -1.33. The predicted octanol–water partition coefficient (Wildman–Crippen LogP) is 3.83. The Bertz CT molecular complexity index is 573. The summed E-state index contributed by atoms with van der Waals surface area (Å²) in [7, 11) is 0. The van der Waals surface area contributed by atoms with Crippen LogP contribution >= 0.6 is 11.3 Å². The molecule has 1 unspecified atom stereocenters. The van der Waals surface area contributed by atoms with Crippen molar-refractivity contribution >= 4 is 11.3 Å². The Labute approximate surface area is 107 Å². The Morgan fingerprint density at radius 2 is 1.61 bits per heavy atom. The number of thiophene rings is 1. The van der Waals surface area contributed by atoms with Crippen molar-refractivity contribution in [2.75, 3.05) is 0 Å². The average molecular weight is 271 g/mol. The van der Waals surface area contributed by atoms with E-state index < -0.39 is 23.5 Å². The maximum atomic E-state index is 13.6. The van der Waals surface area contributed by atoms with Crippen LogP contribution in [0.5, 0.6) is 0 Å². The van der Waals surface area contributed by atoms with E-state index in [1.54, 1.807) is 0 Å². The Morgan fingerprint density at radius 3 is 2.17 bits per heavy atom. The Morgan fingerprint density at radius 1 is 1.00 bits per heavy atom. The third-order valence-corrected chi connectivity index (χ3v) is 4.10. The molecule has 0 aliphatic rings. The molecule has 18 heavy (non-hydrogen) atoms. The topological polar surface area (TPSA) is 26.0 Å². The minimum Gasteiger partial charge on any atom is -0.320 e. The summed E-state index contributed by atoms with van der Waals surface area (Å²) in [4.78, 5) is 1.80. The van der Waals surface area contributed by atoms with Crippen molar-refractivity contribution in [1.82, 2.24) is 0 Å². The van der Waals surface area contributed by atoms with Gasteiger partial charge in [0.2, 0.25) is 0 Å². The van der Waals surface area contributed by atoms with Crippen molar-refractivity contribution in [3.63, 3.8) is 0 Å². The highest BCUT2D eigenvalue weighted by molar-refractivity contribution is 7.12. The number of hydrogen-bond donors (Lipinski definition) is 1. The minimum atomic E-state index is -1.21. The maximum absolute atomic E-state index is 13.6. The van der Waals surface area contributed by atoms with E-state index in [0.717, 1.165) is 21.4 Å². The Kier molecular flexibility index (Phi) is 3.45. The molecule has 1 nitrogen and oxygen atoms in total. The molecule has 2 aromatic rings. The van der Waals surface area contributed by atoms with E-state index in [4.69, 9.17) is 5.73 Å². The zero-order valence-corrected chi connectivity index (χ0v) is 10.7. The SMILES string of the molecule is Cc1cc(C(N)c2cc(F)c(F)cc2F)sc1C. The summed E-state index contributed by atoms with van der Waals surface area (Å²) in [6, 6.07) is 2.40. The second-order valence-electron chi connectivity index (χ2n) is 4.15. The van der Waals surface area contributed by atoms with Crippen molar-refractivity contribution in [1.29, 1.82) is 0 Å². The molecule has 1 atom stereocenters. The van der Waals surface area contributed by atoms with E-state index in [1.165, 1.54) is 11.3 Å². The second-order valence-corrected chi connectivity index (χ2v) is 5.44. The van der Waals surface area contributed by atoms with E-state index in [1.807, 2.05) is 19.9 Å². The highest BCUT2D eigenvalue weighted by atomic mass is 32.1. The summed E-state index contributed by atoms with van der Waals surface area (Å²) < 4.78 is 39.6. The third-order valence-electron chi connectivity index (χ3n) is 2.87. The normalized spacial score (nSPS) is 12.8. The van der Waals surface area contributed by atoms with Crippen LogP contribution in [0.3, 0.4) is 0 Å². The Balaban J connectivity index is 2.45. The van der Waals surface area contributed by atoms with Crippen LogP contribution in [0.25, 0.3) is 0 Å². The summed E-state index contributed by atoms with van der Waals surface area (Å²) in [5.74, 6) is -3.13. The van der Waals surface area contributed by atoms with Gasteiger partial charge in [0.1, 0.15) is 5.82 Å². The van der Waals surface area contributed by atoms with Gasteiger partial charge in [-0.2, -0.15) is 0 Å². The summed E-state index contributed by atoms with van der Waals surface area (Å²) in [6.07, 6.45) is 0. The molecule has 0 aliphatic heterocycles. The fraction of sp³-hybridized carbons (Fsp3) is 0.231. The number of rotatable bonds is 2. The zero-order valence-electron chi connectivity index (χ0n) is 9.93. The molecule has 2 N–H and O–H groups in total. The number of nitrogens with two attached hydrogens (primary N) is 1. The summed E-state index contributed by atoms with van der Waals surface area (Å²) in [5, 5.41) is 0. The first-order chi connectivity index (χ1) is 8.40. The van der Waals surface area contributed by atoms with E-state index in [2.05, 4.69) is 0 Å².